The summed E-state index contributed by atoms with van der Waals surface area (Å²) in [5.41, 5.74) is 0.821. The van der Waals surface area contributed by atoms with Crippen LogP contribution >= 0.6 is 11.6 Å². The first-order valence-electron chi connectivity index (χ1n) is 9.38. The maximum Gasteiger partial charge on any atom is 0.340 e. The van der Waals surface area contributed by atoms with Gasteiger partial charge in [-0.2, -0.15) is 0 Å². The smallest absolute Gasteiger partial charge is 0.340 e. The second-order valence-electron chi connectivity index (χ2n) is 7.09. The van der Waals surface area contributed by atoms with Crippen LogP contribution in [0, 0.1) is 5.92 Å². The quantitative estimate of drug-likeness (QED) is 0.568. The first-order valence-corrected chi connectivity index (χ1v) is 11.2. The van der Waals surface area contributed by atoms with Crippen LogP contribution in [-0.2, 0) is 19.6 Å². The van der Waals surface area contributed by atoms with E-state index in [0.29, 0.717) is 5.92 Å². The van der Waals surface area contributed by atoms with Gasteiger partial charge in [-0.25, -0.2) is 17.9 Å². The van der Waals surface area contributed by atoms with Gasteiger partial charge in [-0.1, -0.05) is 55.8 Å². The Morgan fingerprint density at radius 2 is 1.77 bits per heavy atom. The van der Waals surface area contributed by atoms with Gasteiger partial charge in [0.2, 0.25) is 10.0 Å². The van der Waals surface area contributed by atoms with Crippen molar-refractivity contribution in [1.82, 2.24) is 10.0 Å². The summed E-state index contributed by atoms with van der Waals surface area (Å²) in [6.07, 6.45) is 0.722. The first-order chi connectivity index (χ1) is 14.1. The molecule has 2 aromatic carbocycles. The molecule has 0 saturated carbocycles. The second kappa shape index (κ2) is 10.6. The molecule has 2 aromatic rings. The third-order valence-electron chi connectivity index (χ3n) is 4.32. The predicted octanol–water partition coefficient (Wildman–Crippen LogP) is 3.31. The molecule has 0 spiro atoms. The maximum absolute atomic E-state index is 12.4. The molecule has 0 radical (unpaired) electrons. The van der Waals surface area contributed by atoms with Gasteiger partial charge >= 0.3 is 5.97 Å². The van der Waals surface area contributed by atoms with Gasteiger partial charge < -0.3 is 10.1 Å². The fourth-order valence-corrected chi connectivity index (χ4v) is 3.78. The molecule has 30 heavy (non-hydrogen) atoms. The third-order valence-corrected chi connectivity index (χ3v) is 6.06. The van der Waals surface area contributed by atoms with Crippen LogP contribution < -0.4 is 10.0 Å². The van der Waals surface area contributed by atoms with Crippen molar-refractivity contribution in [2.45, 2.75) is 31.2 Å². The Bertz CT molecular complexity index is 994. The number of ether oxygens (including phenoxy) is 1. The molecule has 2 N–H and O–H groups in total. The third kappa shape index (κ3) is 6.55. The van der Waals surface area contributed by atoms with Crippen molar-refractivity contribution in [2.24, 2.45) is 5.92 Å². The van der Waals surface area contributed by atoms with E-state index in [0.717, 1.165) is 18.1 Å². The molecule has 0 bridgehead atoms. The number of rotatable bonds is 9. The monoisotopic (exact) mass is 452 g/mol. The van der Waals surface area contributed by atoms with Gasteiger partial charge in [0.25, 0.3) is 5.91 Å². The molecular formula is C21H25ClN2O5S. The van der Waals surface area contributed by atoms with Crippen LogP contribution in [0.3, 0.4) is 0 Å². The molecule has 9 heteroatoms. The number of amides is 1. The second-order valence-corrected chi connectivity index (χ2v) is 9.38. The van der Waals surface area contributed by atoms with Crippen LogP contribution in [0.2, 0.25) is 5.02 Å². The zero-order valence-corrected chi connectivity index (χ0v) is 18.6. The topological polar surface area (TPSA) is 102 Å². The highest BCUT2D eigenvalue weighted by Gasteiger charge is 2.21. The summed E-state index contributed by atoms with van der Waals surface area (Å²) >= 11 is 6.00. The summed E-state index contributed by atoms with van der Waals surface area (Å²) in [5.74, 6) is -1.01. The van der Waals surface area contributed by atoms with Gasteiger partial charge in [-0.3, -0.25) is 4.79 Å². The zero-order chi connectivity index (χ0) is 22.3. The molecule has 1 amide bonds. The minimum absolute atomic E-state index is 0.0254. The molecule has 1 atom stereocenters. The highest BCUT2D eigenvalue weighted by atomic mass is 35.5. The molecule has 162 valence electrons. The van der Waals surface area contributed by atoms with Crippen molar-refractivity contribution in [1.29, 1.82) is 0 Å². The Labute approximate surface area is 181 Å². The maximum atomic E-state index is 12.4. The van der Waals surface area contributed by atoms with Crippen molar-refractivity contribution >= 4 is 33.5 Å². The van der Waals surface area contributed by atoms with Crippen LogP contribution in [0.5, 0.6) is 0 Å². The summed E-state index contributed by atoms with van der Waals surface area (Å²) < 4.78 is 31.1. The van der Waals surface area contributed by atoms with Crippen LogP contribution in [0.1, 0.15) is 42.2 Å². The fourth-order valence-electron chi connectivity index (χ4n) is 2.83. The van der Waals surface area contributed by atoms with Gasteiger partial charge in [0.15, 0.2) is 6.61 Å². The SMILES string of the molecule is CNS(=O)(=O)c1ccc(Cl)c(C(=O)OCC(=O)NC(CC(C)C)c2ccccc2)c1. The molecule has 2 rings (SSSR count). The number of carbonyl (C=O) groups excluding carboxylic acids is 2. The van der Waals surface area contributed by atoms with Crippen molar-refractivity contribution in [2.75, 3.05) is 13.7 Å². The Hall–Kier alpha value is -2.42. The number of carbonyl (C=O) groups is 2. The number of sulfonamides is 1. The van der Waals surface area contributed by atoms with Crippen molar-refractivity contribution in [3.63, 3.8) is 0 Å². The Morgan fingerprint density at radius 1 is 1.10 bits per heavy atom. The Kier molecular flexibility index (Phi) is 8.40. The molecule has 1 unspecified atom stereocenters. The molecule has 0 heterocycles. The van der Waals surface area contributed by atoms with E-state index >= 15 is 0 Å². The molecule has 0 aliphatic heterocycles. The van der Waals surface area contributed by atoms with Crippen molar-refractivity contribution in [3.8, 4) is 0 Å². The summed E-state index contributed by atoms with van der Waals surface area (Å²) in [6, 6.07) is 13.0. The van der Waals surface area contributed by atoms with E-state index in [2.05, 4.69) is 23.9 Å². The van der Waals surface area contributed by atoms with E-state index in [1.54, 1.807) is 0 Å². The lowest BCUT2D eigenvalue weighted by Gasteiger charge is -2.21. The zero-order valence-electron chi connectivity index (χ0n) is 17.0. The summed E-state index contributed by atoms with van der Waals surface area (Å²) in [6.45, 7) is 3.59. The lowest BCUT2D eigenvalue weighted by Crippen LogP contribution is -2.33. The number of hydrogen-bond donors (Lipinski definition) is 2. The van der Waals surface area contributed by atoms with E-state index in [4.69, 9.17) is 16.3 Å². The lowest BCUT2D eigenvalue weighted by molar-refractivity contribution is -0.125. The van der Waals surface area contributed by atoms with Gasteiger partial charge in [-0.05, 0) is 43.1 Å². The van der Waals surface area contributed by atoms with Gasteiger partial charge in [0, 0.05) is 0 Å². The average molecular weight is 453 g/mol. The standard InChI is InChI=1S/C21H25ClN2O5S/c1-14(2)11-19(15-7-5-4-6-8-15)24-20(25)13-29-21(26)17-12-16(9-10-18(17)22)30(27,28)23-3/h4-10,12,14,19,23H,11,13H2,1-3H3,(H,24,25). The van der Waals surface area contributed by atoms with Gasteiger partial charge in [0.1, 0.15) is 0 Å². The normalized spacial score (nSPS) is 12.4. The van der Waals surface area contributed by atoms with E-state index in [-0.39, 0.29) is 21.5 Å². The Balaban J connectivity index is 2.06. The molecule has 0 aliphatic rings. The number of nitrogens with one attached hydrogen (secondary N) is 2. The number of benzene rings is 2. The minimum Gasteiger partial charge on any atom is -0.452 e. The highest BCUT2D eigenvalue weighted by Crippen LogP contribution is 2.22. The number of halogens is 1. The molecule has 7 nitrogen and oxygen atoms in total. The average Bonchev–Trinajstić information content (AvgIpc) is 2.72. The highest BCUT2D eigenvalue weighted by molar-refractivity contribution is 7.89. The fraction of sp³-hybridized carbons (Fsp3) is 0.333. The Morgan fingerprint density at radius 3 is 2.37 bits per heavy atom. The summed E-state index contributed by atoms with van der Waals surface area (Å²) in [7, 11) is -2.50. The lowest BCUT2D eigenvalue weighted by atomic mass is 9.97. The molecular weight excluding hydrogens is 428 g/mol. The summed E-state index contributed by atoms with van der Waals surface area (Å²) in [5, 5.41) is 2.90. The van der Waals surface area contributed by atoms with Crippen LogP contribution in [0.25, 0.3) is 0 Å². The van der Waals surface area contributed by atoms with E-state index in [1.807, 2.05) is 30.3 Å². The van der Waals surface area contributed by atoms with Gasteiger partial charge in [-0.15, -0.1) is 0 Å². The molecule has 0 fully saturated rings. The largest absolute Gasteiger partial charge is 0.452 e. The number of esters is 1. The van der Waals surface area contributed by atoms with E-state index in [9.17, 15) is 18.0 Å². The summed E-state index contributed by atoms with van der Waals surface area (Å²) in [4.78, 5) is 24.6. The van der Waals surface area contributed by atoms with Crippen molar-refractivity contribution in [3.05, 3.63) is 64.7 Å². The minimum atomic E-state index is -3.76. The molecule has 0 aliphatic carbocycles. The van der Waals surface area contributed by atoms with E-state index in [1.165, 1.54) is 19.2 Å². The van der Waals surface area contributed by atoms with Crippen LogP contribution in [-0.4, -0.2) is 33.9 Å². The molecule has 0 saturated heterocycles. The van der Waals surface area contributed by atoms with E-state index < -0.39 is 28.5 Å². The van der Waals surface area contributed by atoms with Crippen LogP contribution in [0.15, 0.2) is 53.4 Å². The first kappa shape index (κ1) is 23.9. The number of hydrogen-bond acceptors (Lipinski definition) is 5. The van der Waals surface area contributed by atoms with Gasteiger partial charge in [0.05, 0.1) is 21.5 Å². The van der Waals surface area contributed by atoms with Crippen LogP contribution in [0.4, 0.5) is 0 Å². The van der Waals surface area contributed by atoms with Crippen molar-refractivity contribution < 1.29 is 22.7 Å². The predicted molar refractivity (Wildman–Crippen MR) is 115 cm³/mol. The molecule has 0 aromatic heterocycles.